The molecule has 0 aliphatic heterocycles. The third kappa shape index (κ3) is 1.94. The SMILES string of the molecule is CCc1nn(C)c2c1[nH]c(=S)n2CC(C1CC1)C1CC1. The van der Waals surface area contributed by atoms with Crippen molar-refractivity contribution in [1.82, 2.24) is 19.3 Å². The Kier molecular flexibility index (Phi) is 2.81. The van der Waals surface area contributed by atoms with Crippen LogP contribution in [0.1, 0.15) is 38.3 Å². The van der Waals surface area contributed by atoms with Crippen LogP contribution in [0.4, 0.5) is 0 Å². The average molecular weight is 290 g/mol. The molecule has 0 atom stereocenters. The lowest BCUT2D eigenvalue weighted by Crippen LogP contribution is -2.16. The van der Waals surface area contributed by atoms with Gasteiger partial charge in [0, 0.05) is 13.6 Å². The quantitative estimate of drug-likeness (QED) is 0.857. The summed E-state index contributed by atoms with van der Waals surface area (Å²) >= 11 is 5.57. The summed E-state index contributed by atoms with van der Waals surface area (Å²) in [7, 11) is 2.03. The Morgan fingerprint density at radius 2 is 1.95 bits per heavy atom. The number of fused-ring (bicyclic) bond motifs is 1. The maximum Gasteiger partial charge on any atom is 0.179 e. The highest BCUT2D eigenvalue weighted by atomic mass is 32.1. The van der Waals surface area contributed by atoms with Crippen molar-refractivity contribution in [2.75, 3.05) is 0 Å². The number of aromatic amines is 1. The second kappa shape index (κ2) is 4.45. The van der Waals surface area contributed by atoms with E-state index in [9.17, 15) is 0 Å². The fourth-order valence-electron chi connectivity index (χ4n) is 3.64. The number of hydrogen-bond acceptors (Lipinski definition) is 2. The molecule has 0 unspecified atom stereocenters. The summed E-state index contributed by atoms with van der Waals surface area (Å²) in [6, 6.07) is 0. The van der Waals surface area contributed by atoms with Gasteiger partial charge in [-0.1, -0.05) is 6.92 Å². The Bertz CT molecular complexity index is 687. The third-order valence-electron chi connectivity index (χ3n) is 5.01. The molecule has 4 rings (SSSR count). The van der Waals surface area contributed by atoms with Crippen molar-refractivity contribution >= 4 is 23.4 Å². The summed E-state index contributed by atoms with van der Waals surface area (Å²) in [5.41, 5.74) is 3.45. The standard InChI is InChI=1S/C15H22N4S/c1-3-12-13-14(18(2)17-12)19(15(20)16-13)8-11(9-4-5-9)10-6-7-10/h9-11H,3-8H2,1-2H3,(H,16,20). The number of nitrogens with zero attached hydrogens (tertiary/aromatic N) is 3. The lowest BCUT2D eigenvalue weighted by atomic mass is 9.98. The van der Waals surface area contributed by atoms with Gasteiger partial charge in [0.15, 0.2) is 10.4 Å². The largest absolute Gasteiger partial charge is 0.328 e. The van der Waals surface area contributed by atoms with Crippen LogP contribution in [-0.4, -0.2) is 19.3 Å². The molecular weight excluding hydrogens is 268 g/mol. The minimum absolute atomic E-state index is 0.834. The molecule has 1 N–H and O–H groups in total. The molecule has 0 radical (unpaired) electrons. The van der Waals surface area contributed by atoms with E-state index in [1.165, 1.54) is 31.3 Å². The van der Waals surface area contributed by atoms with Crippen molar-refractivity contribution in [3.63, 3.8) is 0 Å². The van der Waals surface area contributed by atoms with E-state index in [1.54, 1.807) is 0 Å². The lowest BCUT2D eigenvalue weighted by Gasteiger charge is -2.16. The predicted octanol–water partition coefficient (Wildman–Crippen LogP) is 3.43. The van der Waals surface area contributed by atoms with E-state index < -0.39 is 0 Å². The molecular formula is C15H22N4S. The summed E-state index contributed by atoms with van der Waals surface area (Å²) in [6.45, 7) is 3.23. The maximum atomic E-state index is 5.57. The van der Waals surface area contributed by atoms with E-state index in [0.717, 1.165) is 46.7 Å². The van der Waals surface area contributed by atoms with Gasteiger partial charge in [0.05, 0.1) is 5.69 Å². The fourth-order valence-corrected chi connectivity index (χ4v) is 3.90. The number of rotatable bonds is 5. The van der Waals surface area contributed by atoms with Gasteiger partial charge in [-0.05, 0) is 62.1 Å². The van der Waals surface area contributed by atoms with Crippen molar-refractivity contribution in [3.05, 3.63) is 10.5 Å². The van der Waals surface area contributed by atoms with Gasteiger partial charge in [0.25, 0.3) is 0 Å². The summed E-state index contributed by atoms with van der Waals surface area (Å²) in [4.78, 5) is 3.39. The number of aryl methyl sites for hydroxylation is 2. The van der Waals surface area contributed by atoms with Gasteiger partial charge >= 0.3 is 0 Å². The van der Waals surface area contributed by atoms with Gasteiger partial charge < -0.3 is 9.55 Å². The van der Waals surface area contributed by atoms with E-state index in [0.29, 0.717) is 0 Å². The third-order valence-corrected chi connectivity index (χ3v) is 5.33. The second-order valence-corrected chi connectivity index (χ2v) is 6.89. The zero-order chi connectivity index (χ0) is 13.9. The van der Waals surface area contributed by atoms with Crippen LogP contribution in [-0.2, 0) is 20.0 Å². The molecule has 2 heterocycles. The van der Waals surface area contributed by atoms with Gasteiger partial charge in [-0.3, -0.25) is 4.68 Å². The van der Waals surface area contributed by atoms with Crippen molar-refractivity contribution in [2.45, 2.75) is 45.6 Å². The molecule has 0 saturated heterocycles. The maximum absolute atomic E-state index is 5.57. The van der Waals surface area contributed by atoms with Gasteiger partial charge in [-0.25, -0.2) is 0 Å². The molecule has 20 heavy (non-hydrogen) atoms. The first-order chi connectivity index (χ1) is 9.69. The van der Waals surface area contributed by atoms with Gasteiger partial charge in [0.2, 0.25) is 0 Å². The van der Waals surface area contributed by atoms with Gasteiger partial charge in [0.1, 0.15) is 5.52 Å². The lowest BCUT2D eigenvalue weighted by molar-refractivity contribution is 0.349. The van der Waals surface area contributed by atoms with Crippen LogP contribution in [0.25, 0.3) is 11.2 Å². The predicted molar refractivity (Wildman–Crippen MR) is 82.2 cm³/mol. The number of nitrogens with one attached hydrogen (secondary N) is 1. The number of imidazole rings is 1. The molecule has 2 fully saturated rings. The first-order valence-electron chi connectivity index (χ1n) is 7.83. The molecule has 0 amide bonds. The molecule has 2 aliphatic rings. The Morgan fingerprint density at radius 1 is 1.30 bits per heavy atom. The molecule has 0 spiro atoms. The zero-order valence-electron chi connectivity index (χ0n) is 12.2. The smallest absolute Gasteiger partial charge is 0.179 e. The van der Waals surface area contributed by atoms with Gasteiger partial charge in [-0.2, -0.15) is 5.10 Å². The van der Waals surface area contributed by atoms with Crippen LogP contribution in [0.15, 0.2) is 0 Å². The van der Waals surface area contributed by atoms with Crippen LogP contribution in [0.5, 0.6) is 0 Å². The average Bonchev–Trinajstić information content (AvgIpc) is 3.32. The molecule has 0 aromatic carbocycles. The van der Waals surface area contributed by atoms with Crippen molar-refractivity contribution < 1.29 is 0 Å². The molecule has 0 bridgehead atoms. The zero-order valence-corrected chi connectivity index (χ0v) is 13.0. The number of H-pyrrole nitrogens is 1. The Balaban J connectivity index is 1.76. The second-order valence-electron chi connectivity index (χ2n) is 6.50. The van der Waals surface area contributed by atoms with Crippen LogP contribution in [0.3, 0.4) is 0 Å². The molecule has 2 aromatic heterocycles. The Labute approximate surface area is 124 Å². The summed E-state index contributed by atoms with van der Waals surface area (Å²) in [5, 5.41) is 4.62. The van der Waals surface area contributed by atoms with Crippen LogP contribution in [0.2, 0.25) is 0 Å². The van der Waals surface area contributed by atoms with E-state index in [2.05, 4.69) is 21.6 Å². The van der Waals surface area contributed by atoms with E-state index in [1.807, 2.05) is 11.7 Å². The van der Waals surface area contributed by atoms with Crippen LogP contribution in [0, 0.1) is 22.5 Å². The summed E-state index contributed by atoms with van der Waals surface area (Å²) < 4.78 is 5.17. The highest BCUT2D eigenvalue weighted by molar-refractivity contribution is 7.71. The molecule has 5 heteroatoms. The monoisotopic (exact) mass is 290 g/mol. The highest BCUT2D eigenvalue weighted by Gasteiger charge is 2.41. The molecule has 2 aliphatic carbocycles. The number of aromatic nitrogens is 4. The molecule has 4 nitrogen and oxygen atoms in total. The summed E-state index contributed by atoms with van der Waals surface area (Å²) in [5.74, 6) is 2.74. The van der Waals surface area contributed by atoms with Crippen LogP contribution >= 0.6 is 12.2 Å². The molecule has 108 valence electrons. The Morgan fingerprint density at radius 3 is 2.50 bits per heavy atom. The Hall–Kier alpha value is -1.10. The van der Waals surface area contributed by atoms with E-state index in [4.69, 9.17) is 12.2 Å². The van der Waals surface area contributed by atoms with Gasteiger partial charge in [-0.15, -0.1) is 0 Å². The minimum atomic E-state index is 0.834. The first kappa shape index (κ1) is 12.6. The molecule has 2 saturated carbocycles. The van der Waals surface area contributed by atoms with Crippen LogP contribution < -0.4 is 0 Å². The fraction of sp³-hybridized carbons (Fsp3) is 0.733. The first-order valence-corrected chi connectivity index (χ1v) is 8.24. The van der Waals surface area contributed by atoms with Crippen molar-refractivity contribution in [3.8, 4) is 0 Å². The molecule has 2 aromatic rings. The van der Waals surface area contributed by atoms with E-state index >= 15 is 0 Å². The van der Waals surface area contributed by atoms with Crippen molar-refractivity contribution in [2.24, 2.45) is 24.8 Å². The summed E-state index contributed by atoms with van der Waals surface area (Å²) in [6.07, 6.45) is 6.64. The van der Waals surface area contributed by atoms with E-state index in [-0.39, 0.29) is 0 Å². The minimum Gasteiger partial charge on any atom is -0.328 e. The topological polar surface area (TPSA) is 38.5 Å². The van der Waals surface area contributed by atoms with Crippen molar-refractivity contribution in [1.29, 1.82) is 0 Å². The number of hydrogen-bond donors (Lipinski definition) is 1. The highest BCUT2D eigenvalue weighted by Crippen LogP contribution is 2.50. The normalized spacial score (nSPS) is 19.4.